The summed E-state index contributed by atoms with van der Waals surface area (Å²) >= 11 is 0. The van der Waals surface area contributed by atoms with Crippen LogP contribution in [0.5, 0.6) is 0 Å². The van der Waals surface area contributed by atoms with Gasteiger partial charge in [-0.1, -0.05) is 6.42 Å². The highest BCUT2D eigenvalue weighted by molar-refractivity contribution is 5.69. The molecule has 2 atom stereocenters. The van der Waals surface area contributed by atoms with Gasteiger partial charge in [0.1, 0.15) is 11.5 Å². The lowest BCUT2D eigenvalue weighted by Gasteiger charge is -2.18. The van der Waals surface area contributed by atoms with Gasteiger partial charge in [-0.25, -0.2) is 4.68 Å². The van der Waals surface area contributed by atoms with Gasteiger partial charge >= 0.3 is 0 Å². The van der Waals surface area contributed by atoms with Gasteiger partial charge in [-0.3, -0.25) is 0 Å². The zero-order valence-electron chi connectivity index (χ0n) is 10.1. The van der Waals surface area contributed by atoms with E-state index in [4.69, 9.17) is 0 Å². The van der Waals surface area contributed by atoms with E-state index in [-0.39, 0.29) is 0 Å². The quantitative estimate of drug-likeness (QED) is 0.762. The minimum Gasteiger partial charge on any atom is -0.380 e. The summed E-state index contributed by atoms with van der Waals surface area (Å²) in [4.78, 5) is 0. The first kappa shape index (κ1) is 10.00. The fraction of sp³-hybridized carbons (Fsp3) is 0.750. The Bertz CT molecular complexity index is 396. The Kier molecular flexibility index (Phi) is 2.30. The van der Waals surface area contributed by atoms with Gasteiger partial charge in [0, 0.05) is 19.1 Å². The van der Waals surface area contributed by atoms with Crippen LogP contribution in [0.3, 0.4) is 0 Å². The fourth-order valence-corrected chi connectivity index (χ4v) is 3.05. The summed E-state index contributed by atoms with van der Waals surface area (Å²) < 4.78 is 2.08. The number of fused-ring (bicyclic) bond motifs is 2. The maximum Gasteiger partial charge on any atom is 0.148 e. The summed E-state index contributed by atoms with van der Waals surface area (Å²) in [6, 6.07) is 0.648. The molecular formula is C12H20N4. The van der Waals surface area contributed by atoms with E-state index < -0.39 is 0 Å². The van der Waals surface area contributed by atoms with Crippen LogP contribution in [0.25, 0.3) is 0 Å². The van der Waals surface area contributed by atoms with Crippen molar-refractivity contribution in [3.63, 3.8) is 0 Å². The van der Waals surface area contributed by atoms with E-state index in [1.54, 1.807) is 0 Å². The van der Waals surface area contributed by atoms with Gasteiger partial charge in [0.25, 0.3) is 0 Å². The summed E-state index contributed by atoms with van der Waals surface area (Å²) in [7, 11) is 0. The Hall–Kier alpha value is -1.19. The van der Waals surface area contributed by atoms with Gasteiger partial charge in [0.15, 0.2) is 0 Å². The molecule has 0 bridgehead atoms. The van der Waals surface area contributed by atoms with Crippen LogP contribution in [0, 0.1) is 12.8 Å². The second-order valence-corrected chi connectivity index (χ2v) is 4.95. The second-order valence-electron chi connectivity index (χ2n) is 4.95. The maximum atomic E-state index is 4.56. The summed E-state index contributed by atoms with van der Waals surface area (Å²) in [5, 5.41) is 11.8. The third-order valence-corrected chi connectivity index (χ3v) is 3.95. The largest absolute Gasteiger partial charge is 0.380 e. The summed E-state index contributed by atoms with van der Waals surface area (Å²) in [5.41, 5.74) is 2.33. The third kappa shape index (κ3) is 1.39. The third-order valence-electron chi connectivity index (χ3n) is 3.95. The van der Waals surface area contributed by atoms with Crippen LogP contribution in [0.2, 0.25) is 0 Å². The first-order valence-electron chi connectivity index (χ1n) is 6.37. The number of nitrogens with one attached hydrogen (secondary N) is 2. The molecule has 0 aromatic carbocycles. The Morgan fingerprint density at radius 2 is 2.31 bits per heavy atom. The molecule has 0 radical (unpaired) electrons. The molecule has 1 aliphatic carbocycles. The van der Waals surface area contributed by atoms with Crippen molar-refractivity contribution in [3.05, 3.63) is 5.69 Å². The maximum absolute atomic E-state index is 4.56. The highest BCUT2D eigenvalue weighted by Gasteiger charge is 2.32. The molecule has 16 heavy (non-hydrogen) atoms. The summed E-state index contributed by atoms with van der Waals surface area (Å²) in [5.74, 6) is 1.99. The zero-order chi connectivity index (χ0) is 11.1. The first-order valence-corrected chi connectivity index (χ1v) is 6.37. The van der Waals surface area contributed by atoms with Crippen LogP contribution < -0.4 is 10.6 Å². The topological polar surface area (TPSA) is 41.9 Å². The van der Waals surface area contributed by atoms with Crippen LogP contribution in [-0.4, -0.2) is 22.4 Å². The molecule has 2 heterocycles. The van der Waals surface area contributed by atoms with E-state index in [2.05, 4.69) is 34.3 Å². The SMILES string of the molecule is CCn1nc(C)c2c1NC1CCCC1CN2. The van der Waals surface area contributed by atoms with Crippen molar-refractivity contribution >= 4 is 11.5 Å². The second kappa shape index (κ2) is 3.68. The zero-order valence-corrected chi connectivity index (χ0v) is 10.1. The number of aryl methyl sites for hydroxylation is 2. The normalized spacial score (nSPS) is 27.6. The van der Waals surface area contributed by atoms with Crippen molar-refractivity contribution in [1.29, 1.82) is 0 Å². The van der Waals surface area contributed by atoms with Gasteiger partial charge in [0.05, 0.1) is 5.69 Å². The Labute approximate surface area is 96.4 Å². The van der Waals surface area contributed by atoms with Crippen molar-refractivity contribution in [2.75, 3.05) is 17.2 Å². The van der Waals surface area contributed by atoms with Crippen LogP contribution in [0.15, 0.2) is 0 Å². The number of aromatic nitrogens is 2. The molecule has 1 fully saturated rings. The van der Waals surface area contributed by atoms with E-state index in [9.17, 15) is 0 Å². The van der Waals surface area contributed by atoms with Gasteiger partial charge in [-0.15, -0.1) is 0 Å². The molecule has 3 rings (SSSR count). The van der Waals surface area contributed by atoms with Crippen molar-refractivity contribution in [1.82, 2.24) is 9.78 Å². The molecule has 1 aromatic rings. The number of nitrogens with zero attached hydrogens (tertiary/aromatic N) is 2. The fourth-order valence-electron chi connectivity index (χ4n) is 3.05. The first-order chi connectivity index (χ1) is 7.79. The van der Waals surface area contributed by atoms with Crippen molar-refractivity contribution in [3.8, 4) is 0 Å². The standard InChI is InChI=1S/C12H20N4/c1-3-16-12-11(8(2)15-16)13-7-9-5-4-6-10(9)14-12/h9-10,13-14H,3-7H2,1-2H3. The van der Waals surface area contributed by atoms with Crippen LogP contribution in [-0.2, 0) is 6.54 Å². The predicted octanol–water partition coefficient (Wildman–Crippen LogP) is 2.22. The number of rotatable bonds is 1. The van der Waals surface area contributed by atoms with Crippen LogP contribution in [0.1, 0.15) is 31.9 Å². The lowest BCUT2D eigenvalue weighted by molar-refractivity contribution is 0.530. The van der Waals surface area contributed by atoms with Gasteiger partial charge in [0.2, 0.25) is 0 Å². The van der Waals surface area contributed by atoms with E-state index >= 15 is 0 Å². The number of anilines is 2. The molecule has 2 aliphatic rings. The molecule has 88 valence electrons. The average molecular weight is 220 g/mol. The molecule has 0 amide bonds. The van der Waals surface area contributed by atoms with E-state index in [1.165, 1.54) is 30.8 Å². The van der Waals surface area contributed by atoms with Gasteiger partial charge in [-0.2, -0.15) is 5.10 Å². The average Bonchev–Trinajstić information content (AvgIpc) is 2.79. The van der Waals surface area contributed by atoms with Crippen LogP contribution >= 0.6 is 0 Å². The Balaban J connectivity index is 1.98. The molecule has 4 heteroatoms. The molecule has 4 nitrogen and oxygen atoms in total. The molecule has 1 aromatic heterocycles. The van der Waals surface area contributed by atoms with Crippen LogP contribution in [0.4, 0.5) is 11.5 Å². The monoisotopic (exact) mass is 220 g/mol. The number of hydrogen-bond acceptors (Lipinski definition) is 3. The van der Waals surface area contributed by atoms with Crippen molar-refractivity contribution in [2.45, 2.75) is 45.7 Å². The lowest BCUT2D eigenvalue weighted by atomic mass is 10.0. The summed E-state index contributed by atoms with van der Waals surface area (Å²) in [6.07, 6.45) is 4.02. The minimum atomic E-state index is 0.648. The molecule has 0 saturated heterocycles. The smallest absolute Gasteiger partial charge is 0.148 e. The molecular weight excluding hydrogens is 200 g/mol. The van der Waals surface area contributed by atoms with E-state index in [0.29, 0.717) is 6.04 Å². The Morgan fingerprint density at radius 3 is 3.12 bits per heavy atom. The molecule has 0 spiro atoms. The van der Waals surface area contributed by atoms with E-state index in [0.717, 1.165) is 24.7 Å². The summed E-state index contributed by atoms with van der Waals surface area (Å²) in [6.45, 7) is 6.26. The van der Waals surface area contributed by atoms with E-state index in [1.807, 2.05) is 0 Å². The highest BCUT2D eigenvalue weighted by atomic mass is 15.4. The molecule has 2 unspecified atom stereocenters. The highest BCUT2D eigenvalue weighted by Crippen LogP contribution is 2.36. The number of hydrogen-bond donors (Lipinski definition) is 2. The molecule has 1 saturated carbocycles. The van der Waals surface area contributed by atoms with Gasteiger partial charge < -0.3 is 10.6 Å². The predicted molar refractivity (Wildman–Crippen MR) is 65.9 cm³/mol. The van der Waals surface area contributed by atoms with Gasteiger partial charge in [-0.05, 0) is 32.6 Å². The lowest BCUT2D eigenvalue weighted by Crippen LogP contribution is -2.27. The molecule has 2 N–H and O–H groups in total. The van der Waals surface area contributed by atoms with Crippen molar-refractivity contribution < 1.29 is 0 Å². The Morgan fingerprint density at radius 1 is 1.44 bits per heavy atom. The minimum absolute atomic E-state index is 0.648. The molecule has 1 aliphatic heterocycles. The van der Waals surface area contributed by atoms with Crippen molar-refractivity contribution in [2.24, 2.45) is 5.92 Å².